The lowest BCUT2D eigenvalue weighted by Gasteiger charge is -2.16. The molecule has 0 unspecified atom stereocenters. The van der Waals surface area contributed by atoms with Crippen LogP contribution in [0.4, 0.5) is 5.69 Å². The van der Waals surface area contributed by atoms with Crippen LogP contribution in [-0.4, -0.2) is 37.8 Å². The number of nitrogens with zero attached hydrogens (tertiary/aromatic N) is 1. The Bertz CT molecular complexity index is 947. The van der Waals surface area contributed by atoms with Crippen LogP contribution in [-0.2, 0) is 9.59 Å². The van der Waals surface area contributed by atoms with Gasteiger partial charge in [-0.05, 0) is 73.2 Å². The lowest BCUT2D eigenvalue weighted by molar-refractivity contribution is -0.126. The van der Waals surface area contributed by atoms with E-state index in [0.717, 1.165) is 9.13 Å². The summed E-state index contributed by atoms with van der Waals surface area (Å²) >= 11 is 2.17. The Morgan fingerprint density at radius 2 is 1.97 bits per heavy atom. The first kappa shape index (κ1) is 24.4. The molecule has 0 aliphatic heterocycles. The molecule has 0 fully saturated rings. The van der Waals surface area contributed by atoms with Crippen molar-refractivity contribution in [3.8, 4) is 17.2 Å². The summed E-state index contributed by atoms with van der Waals surface area (Å²) in [4.78, 5) is 24.1. The predicted molar refractivity (Wildman–Crippen MR) is 128 cm³/mol. The van der Waals surface area contributed by atoms with E-state index in [1.807, 2.05) is 26.8 Å². The van der Waals surface area contributed by atoms with Gasteiger partial charge in [0.2, 0.25) is 11.8 Å². The van der Waals surface area contributed by atoms with Gasteiger partial charge in [0, 0.05) is 11.8 Å². The zero-order chi connectivity index (χ0) is 22.8. The Morgan fingerprint density at radius 1 is 1.19 bits per heavy atom. The molecule has 0 aliphatic rings. The maximum atomic E-state index is 12.0. The number of ether oxygens (including phenoxy) is 3. The molecule has 31 heavy (non-hydrogen) atoms. The smallest absolute Gasteiger partial charge is 0.249 e. The van der Waals surface area contributed by atoms with Gasteiger partial charge in [0.25, 0.3) is 0 Å². The number of hydrazone groups is 1. The van der Waals surface area contributed by atoms with E-state index in [4.69, 9.17) is 14.2 Å². The summed E-state index contributed by atoms with van der Waals surface area (Å²) in [6.45, 7) is 6.27. The van der Waals surface area contributed by atoms with Gasteiger partial charge in [-0.1, -0.05) is 6.07 Å². The van der Waals surface area contributed by atoms with Gasteiger partial charge < -0.3 is 19.5 Å². The molecule has 2 aromatic carbocycles. The van der Waals surface area contributed by atoms with Gasteiger partial charge in [-0.3, -0.25) is 9.59 Å². The van der Waals surface area contributed by atoms with E-state index in [9.17, 15) is 9.59 Å². The summed E-state index contributed by atoms with van der Waals surface area (Å²) in [5, 5.41) is 6.58. The van der Waals surface area contributed by atoms with Gasteiger partial charge in [-0.25, -0.2) is 5.43 Å². The monoisotopic (exact) mass is 539 g/mol. The minimum atomic E-state index is -0.531. The summed E-state index contributed by atoms with van der Waals surface area (Å²) in [5.74, 6) is 0.902. The molecule has 0 aromatic heterocycles. The number of nitrogens with one attached hydrogen (secondary N) is 2. The lowest BCUT2D eigenvalue weighted by Crippen LogP contribution is -2.24. The topological polar surface area (TPSA) is 98.2 Å². The molecule has 0 radical (unpaired) electrons. The Labute approximate surface area is 195 Å². The zero-order valence-electron chi connectivity index (χ0n) is 17.9. The van der Waals surface area contributed by atoms with E-state index in [-0.39, 0.29) is 12.5 Å². The predicted octanol–water partition coefficient (Wildman–Crippen LogP) is 3.96. The number of benzene rings is 2. The molecule has 0 spiro atoms. The van der Waals surface area contributed by atoms with E-state index >= 15 is 0 Å². The molecule has 0 bridgehead atoms. The van der Waals surface area contributed by atoms with E-state index in [1.165, 1.54) is 13.3 Å². The number of carbonyl (C=O) groups is 2. The summed E-state index contributed by atoms with van der Waals surface area (Å²) in [6.07, 6.45) is 1.13. The fourth-order valence-corrected chi connectivity index (χ4v) is 3.30. The van der Waals surface area contributed by atoms with Crippen molar-refractivity contribution >= 4 is 46.3 Å². The van der Waals surface area contributed by atoms with Gasteiger partial charge in [0.15, 0.2) is 11.5 Å². The van der Waals surface area contributed by atoms with Crippen molar-refractivity contribution in [1.29, 1.82) is 0 Å². The zero-order valence-corrected chi connectivity index (χ0v) is 20.1. The van der Waals surface area contributed by atoms with E-state index in [2.05, 4.69) is 38.4 Å². The first-order chi connectivity index (χ1) is 14.8. The van der Waals surface area contributed by atoms with Crippen LogP contribution >= 0.6 is 22.6 Å². The number of methoxy groups -OCH3 is 1. The molecule has 2 rings (SSSR count). The highest BCUT2D eigenvalue weighted by Gasteiger charge is 2.13. The third-order valence-electron chi connectivity index (χ3n) is 3.76. The van der Waals surface area contributed by atoms with Crippen molar-refractivity contribution in [1.82, 2.24) is 5.43 Å². The number of carbonyl (C=O) groups excluding carboxylic acids is 2. The largest absolute Gasteiger partial charge is 0.497 e. The number of hydrogen-bond donors (Lipinski definition) is 2. The summed E-state index contributed by atoms with van der Waals surface area (Å²) in [7, 11) is 1.54. The van der Waals surface area contributed by atoms with Crippen LogP contribution in [0.25, 0.3) is 0 Å². The SMILES string of the molecule is CCOc1cc(C=NNC(=O)CC(=O)Nc2cccc(OC)c2)cc(I)c1OC(C)C. The minimum absolute atomic E-state index is 0.00893. The molecular formula is C22H26IN3O5. The highest BCUT2D eigenvalue weighted by Crippen LogP contribution is 2.34. The van der Waals surface area contributed by atoms with Crippen LogP contribution in [0.3, 0.4) is 0 Å². The van der Waals surface area contributed by atoms with Crippen LogP contribution in [0.5, 0.6) is 17.2 Å². The Morgan fingerprint density at radius 3 is 2.65 bits per heavy atom. The van der Waals surface area contributed by atoms with Crippen LogP contribution in [0.2, 0.25) is 0 Å². The fourth-order valence-electron chi connectivity index (χ4n) is 2.55. The number of anilines is 1. The van der Waals surface area contributed by atoms with Crippen molar-refractivity contribution in [2.24, 2.45) is 5.10 Å². The molecule has 0 aliphatic carbocycles. The first-order valence-corrected chi connectivity index (χ1v) is 10.8. The van der Waals surface area contributed by atoms with Gasteiger partial charge in [-0.15, -0.1) is 0 Å². The molecule has 166 valence electrons. The van der Waals surface area contributed by atoms with Crippen LogP contribution in [0, 0.1) is 3.57 Å². The molecule has 2 amide bonds. The van der Waals surface area contributed by atoms with Crippen LogP contribution in [0.15, 0.2) is 41.5 Å². The molecule has 2 N–H and O–H groups in total. The second-order valence-corrected chi connectivity index (χ2v) is 7.84. The molecule has 0 saturated carbocycles. The molecule has 0 heterocycles. The summed E-state index contributed by atoms with van der Waals surface area (Å²) < 4.78 is 17.5. The molecule has 0 atom stereocenters. The number of amides is 2. The second kappa shape index (κ2) is 12.1. The van der Waals surface area contributed by atoms with Crippen molar-refractivity contribution in [2.45, 2.75) is 33.3 Å². The second-order valence-electron chi connectivity index (χ2n) is 6.68. The van der Waals surface area contributed by atoms with E-state index in [0.29, 0.717) is 29.5 Å². The maximum absolute atomic E-state index is 12.0. The van der Waals surface area contributed by atoms with Crippen molar-refractivity contribution in [2.75, 3.05) is 19.0 Å². The van der Waals surface area contributed by atoms with Gasteiger partial charge in [-0.2, -0.15) is 5.10 Å². The van der Waals surface area contributed by atoms with E-state index in [1.54, 1.807) is 30.3 Å². The summed E-state index contributed by atoms with van der Waals surface area (Å²) in [6, 6.07) is 10.5. The Balaban J connectivity index is 1.96. The third-order valence-corrected chi connectivity index (χ3v) is 4.56. The van der Waals surface area contributed by atoms with Gasteiger partial charge in [0.1, 0.15) is 12.2 Å². The Kier molecular flexibility index (Phi) is 9.57. The highest BCUT2D eigenvalue weighted by molar-refractivity contribution is 14.1. The first-order valence-electron chi connectivity index (χ1n) is 9.71. The van der Waals surface area contributed by atoms with Crippen molar-refractivity contribution in [3.05, 3.63) is 45.5 Å². The van der Waals surface area contributed by atoms with E-state index < -0.39 is 11.8 Å². The molecular weight excluding hydrogens is 513 g/mol. The normalized spacial score (nSPS) is 10.8. The Hall–Kier alpha value is -2.82. The van der Waals surface area contributed by atoms with Crippen LogP contribution < -0.4 is 25.0 Å². The molecule has 8 nitrogen and oxygen atoms in total. The maximum Gasteiger partial charge on any atom is 0.249 e. The minimum Gasteiger partial charge on any atom is -0.497 e. The number of halogens is 1. The van der Waals surface area contributed by atoms with Crippen LogP contribution in [0.1, 0.15) is 32.8 Å². The highest BCUT2D eigenvalue weighted by atomic mass is 127. The average molecular weight is 539 g/mol. The number of rotatable bonds is 10. The molecule has 9 heteroatoms. The van der Waals surface area contributed by atoms with Gasteiger partial charge >= 0.3 is 0 Å². The number of hydrogen-bond acceptors (Lipinski definition) is 6. The molecule has 2 aromatic rings. The van der Waals surface area contributed by atoms with Crippen molar-refractivity contribution in [3.63, 3.8) is 0 Å². The average Bonchev–Trinajstić information content (AvgIpc) is 2.70. The third kappa shape index (κ3) is 8.08. The van der Waals surface area contributed by atoms with Gasteiger partial charge in [0.05, 0.1) is 29.6 Å². The lowest BCUT2D eigenvalue weighted by atomic mass is 10.2. The quantitative estimate of drug-likeness (QED) is 0.206. The molecule has 0 saturated heterocycles. The standard InChI is InChI=1S/C22H26IN3O5/c1-5-30-19-10-15(9-18(23)22(19)31-14(2)3)13-24-26-21(28)12-20(27)25-16-7-6-8-17(11-16)29-4/h6-11,13-14H,5,12H2,1-4H3,(H,25,27)(H,26,28). The fraction of sp³-hybridized carbons (Fsp3) is 0.318. The summed E-state index contributed by atoms with van der Waals surface area (Å²) in [5.41, 5.74) is 3.63. The van der Waals surface area contributed by atoms with Crippen molar-refractivity contribution < 1.29 is 23.8 Å².